The molecule has 1 atom stereocenters. The van der Waals surface area contributed by atoms with Gasteiger partial charge in [-0.1, -0.05) is 6.42 Å². The molecule has 0 aromatic carbocycles. The molecule has 3 aliphatic rings. The molecule has 1 N–H and O–H groups in total. The van der Waals surface area contributed by atoms with Gasteiger partial charge in [0.2, 0.25) is 5.91 Å². The number of hydrogen-bond acceptors (Lipinski definition) is 3. The lowest BCUT2D eigenvalue weighted by atomic mass is 10.1. The van der Waals surface area contributed by atoms with Crippen molar-refractivity contribution in [2.75, 3.05) is 32.7 Å². The van der Waals surface area contributed by atoms with Crippen LogP contribution in [0.1, 0.15) is 44.9 Å². The Morgan fingerprint density at radius 2 is 1.84 bits per heavy atom. The molecular formula is C15H27N3O. The van der Waals surface area contributed by atoms with Crippen LogP contribution in [0.25, 0.3) is 0 Å². The minimum atomic E-state index is 0.354. The first kappa shape index (κ1) is 13.4. The highest BCUT2D eigenvalue weighted by molar-refractivity contribution is 5.76. The molecule has 0 spiro atoms. The van der Waals surface area contributed by atoms with Crippen LogP contribution in [0.3, 0.4) is 0 Å². The van der Waals surface area contributed by atoms with Gasteiger partial charge in [0.1, 0.15) is 0 Å². The maximum Gasteiger partial charge on any atom is 0.223 e. The number of nitrogens with zero attached hydrogens (tertiary/aromatic N) is 2. The van der Waals surface area contributed by atoms with Crippen molar-refractivity contribution in [3.8, 4) is 0 Å². The maximum atomic E-state index is 12.1. The smallest absolute Gasteiger partial charge is 0.223 e. The Morgan fingerprint density at radius 1 is 1.05 bits per heavy atom. The molecule has 1 saturated carbocycles. The van der Waals surface area contributed by atoms with Crippen LogP contribution in [0.2, 0.25) is 0 Å². The van der Waals surface area contributed by atoms with Crippen LogP contribution in [0, 0.1) is 0 Å². The Labute approximate surface area is 116 Å². The molecule has 108 valence electrons. The summed E-state index contributed by atoms with van der Waals surface area (Å²) in [6.07, 6.45) is 8.54. The van der Waals surface area contributed by atoms with Crippen molar-refractivity contribution in [1.29, 1.82) is 0 Å². The first-order valence-electron chi connectivity index (χ1n) is 8.08. The number of nitrogens with one attached hydrogen (secondary N) is 1. The van der Waals surface area contributed by atoms with Gasteiger partial charge in [0, 0.05) is 38.1 Å². The molecular weight excluding hydrogens is 238 g/mol. The molecule has 1 aliphatic carbocycles. The van der Waals surface area contributed by atoms with E-state index in [1.807, 2.05) is 0 Å². The molecule has 1 amide bonds. The Balaban J connectivity index is 1.38. The van der Waals surface area contributed by atoms with Gasteiger partial charge >= 0.3 is 0 Å². The zero-order valence-corrected chi connectivity index (χ0v) is 11.9. The Hall–Kier alpha value is -0.610. The molecule has 2 saturated heterocycles. The summed E-state index contributed by atoms with van der Waals surface area (Å²) >= 11 is 0. The van der Waals surface area contributed by atoms with Crippen LogP contribution < -0.4 is 5.32 Å². The van der Waals surface area contributed by atoms with E-state index in [1.165, 1.54) is 51.6 Å². The summed E-state index contributed by atoms with van der Waals surface area (Å²) in [4.78, 5) is 16.8. The van der Waals surface area contributed by atoms with E-state index in [4.69, 9.17) is 0 Å². The quantitative estimate of drug-likeness (QED) is 0.812. The molecule has 3 fully saturated rings. The molecule has 2 heterocycles. The van der Waals surface area contributed by atoms with Crippen molar-refractivity contribution in [2.24, 2.45) is 0 Å². The number of carbonyl (C=O) groups is 1. The zero-order chi connectivity index (χ0) is 13.1. The highest BCUT2D eigenvalue weighted by Crippen LogP contribution is 2.21. The third kappa shape index (κ3) is 3.69. The Kier molecular flexibility index (Phi) is 4.38. The van der Waals surface area contributed by atoms with E-state index in [0.717, 1.165) is 19.6 Å². The summed E-state index contributed by atoms with van der Waals surface area (Å²) in [6, 6.07) is 1.35. The highest BCUT2D eigenvalue weighted by Gasteiger charge is 2.30. The second kappa shape index (κ2) is 6.23. The largest absolute Gasteiger partial charge is 0.341 e. The standard InChI is InChI=1S/C15H27N3O/c19-15(6-8-16-13-4-5-13)18-11-7-14(12-18)17-9-2-1-3-10-17/h13-14,16H,1-12H2. The summed E-state index contributed by atoms with van der Waals surface area (Å²) in [5.41, 5.74) is 0. The average Bonchev–Trinajstić information content (AvgIpc) is 3.13. The van der Waals surface area contributed by atoms with Gasteiger partial charge in [-0.15, -0.1) is 0 Å². The fraction of sp³-hybridized carbons (Fsp3) is 0.933. The average molecular weight is 265 g/mol. The van der Waals surface area contributed by atoms with Gasteiger partial charge in [-0.05, 0) is 45.2 Å². The molecule has 0 radical (unpaired) electrons. The third-order valence-corrected chi connectivity index (χ3v) is 4.77. The van der Waals surface area contributed by atoms with Crippen molar-refractivity contribution in [2.45, 2.75) is 57.0 Å². The van der Waals surface area contributed by atoms with Crippen LogP contribution in [-0.2, 0) is 4.79 Å². The van der Waals surface area contributed by atoms with E-state index in [9.17, 15) is 4.79 Å². The van der Waals surface area contributed by atoms with Crippen molar-refractivity contribution in [1.82, 2.24) is 15.1 Å². The van der Waals surface area contributed by atoms with Crippen LogP contribution in [0.4, 0.5) is 0 Å². The maximum absolute atomic E-state index is 12.1. The van der Waals surface area contributed by atoms with E-state index in [0.29, 0.717) is 24.4 Å². The fourth-order valence-corrected chi connectivity index (χ4v) is 3.38. The van der Waals surface area contributed by atoms with Crippen molar-refractivity contribution >= 4 is 5.91 Å². The van der Waals surface area contributed by atoms with E-state index in [2.05, 4.69) is 15.1 Å². The van der Waals surface area contributed by atoms with E-state index < -0.39 is 0 Å². The number of rotatable bonds is 5. The topological polar surface area (TPSA) is 35.6 Å². The third-order valence-electron chi connectivity index (χ3n) is 4.77. The molecule has 3 rings (SSSR count). The van der Waals surface area contributed by atoms with Gasteiger partial charge in [0.25, 0.3) is 0 Å². The van der Waals surface area contributed by atoms with E-state index >= 15 is 0 Å². The summed E-state index contributed by atoms with van der Waals surface area (Å²) in [5, 5.41) is 3.43. The van der Waals surface area contributed by atoms with Crippen LogP contribution in [-0.4, -0.2) is 60.5 Å². The number of carbonyl (C=O) groups excluding carboxylic acids is 1. The number of piperidine rings is 1. The van der Waals surface area contributed by atoms with Gasteiger partial charge in [-0.25, -0.2) is 0 Å². The molecule has 0 aromatic heterocycles. The fourth-order valence-electron chi connectivity index (χ4n) is 3.38. The number of likely N-dealkylation sites (tertiary alicyclic amines) is 2. The van der Waals surface area contributed by atoms with Crippen LogP contribution in [0.15, 0.2) is 0 Å². The first-order chi connectivity index (χ1) is 9.33. The van der Waals surface area contributed by atoms with Crippen molar-refractivity contribution in [3.05, 3.63) is 0 Å². The van der Waals surface area contributed by atoms with Gasteiger partial charge in [-0.3, -0.25) is 9.69 Å². The lowest BCUT2D eigenvalue weighted by Crippen LogP contribution is -2.42. The van der Waals surface area contributed by atoms with Crippen molar-refractivity contribution in [3.63, 3.8) is 0 Å². The molecule has 4 nitrogen and oxygen atoms in total. The monoisotopic (exact) mass is 265 g/mol. The van der Waals surface area contributed by atoms with Gasteiger partial charge in [0.15, 0.2) is 0 Å². The first-order valence-corrected chi connectivity index (χ1v) is 8.08. The molecule has 0 bridgehead atoms. The molecule has 2 aliphatic heterocycles. The van der Waals surface area contributed by atoms with E-state index in [-0.39, 0.29) is 0 Å². The SMILES string of the molecule is O=C(CCNC1CC1)N1CCC(N2CCCCC2)C1. The Bertz CT molecular complexity index is 311. The highest BCUT2D eigenvalue weighted by atomic mass is 16.2. The summed E-state index contributed by atoms with van der Waals surface area (Å²) in [6.45, 7) is 5.31. The van der Waals surface area contributed by atoms with Gasteiger partial charge in [-0.2, -0.15) is 0 Å². The van der Waals surface area contributed by atoms with Crippen LogP contribution >= 0.6 is 0 Å². The lowest BCUT2D eigenvalue weighted by Gasteiger charge is -2.32. The van der Waals surface area contributed by atoms with E-state index in [1.54, 1.807) is 0 Å². The summed E-state index contributed by atoms with van der Waals surface area (Å²) in [5.74, 6) is 0.354. The summed E-state index contributed by atoms with van der Waals surface area (Å²) < 4.78 is 0. The predicted octanol–water partition coefficient (Wildman–Crippen LogP) is 1.22. The minimum Gasteiger partial charge on any atom is -0.341 e. The molecule has 4 heteroatoms. The molecule has 1 unspecified atom stereocenters. The lowest BCUT2D eigenvalue weighted by molar-refractivity contribution is -0.130. The zero-order valence-electron chi connectivity index (χ0n) is 11.9. The number of amides is 1. The van der Waals surface area contributed by atoms with Crippen molar-refractivity contribution < 1.29 is 4.79 Å². The molecule has 19 heavy (non-hydrogen) atoms. The minimum absolute atomic E-state index is 0.354. The van der Waals surface area contributed by atoms with Gasteiger partial charge in [0.05, 0.1) is 0 Å². The second-order valence-corrected chi connectivity index (χ2v) is 6.36. The van der Waals surface area contributed by atoms with Crippen LogP contribution in [0.5, 0.6) is 0 Å². The summed E-state index contributed by atoms with van der Waals surface area (Å²) in [7, 11) is 0. The van der Waals surface area contributed by atoms with Gasteiger partial charge < -0.3 is 10.2 Å². The Morgan fingerprint density at radius 3 is 2.58 bits per heavy atom. The number of hydrogen-bond donors (Lipinski definition) is 1. The second-order valence-electron chi connectivity index (χ2n) is 6.36. The predicted molar refractivity (Wildman–Crippen MR) is 76.1 cm³/mol. The normalized spacial score (nSPS) is 28.8. The molecule has 0 aromatic rings.